The molecular formula is C25H27ClFNO2. The quantitative estimate of drug-likeness (QED) is 0.390. The van der Waals surface area contributed by atoms with Crippen molar-refractivity contribution >= 4 is 11.6 Å². The van der Waals surface area contributed by atoms with E-state index in [1.807, 2.05) is 24.3 Å². The van der Waals surface area contributed by atoms with Crippen LogP contribution < -0.4 is 14.8 Å². The highest BCUT2D eigenvalue weighted by molar-refractivity contribution is 6.31. The molecule has 3 aromatic rings. The minimum absolute atomic E-state index is 0.226. The molecule has 0 bridgehead atoms. The number of benzene rings is 3. The maximum Gasteiger partial charge on any atom is 0.166 e. The summed E-state index contributed by atoms with van der Waals surface area (Å²) < 4.78 is 24.9. The molecule has 3 nitrogen and oxygen atoms in total. The second kappa shape index (κ2) is 11.0. The van der Waals surface area contributed by atoms with Gasteiger partial charge in [0.05, 0.1) is 12.1 Å². The fraction of sp³-hybridized carbons (Fsp3) is 0.280. The van der Waals surface area contributed by atoms with Crippen molar-refractivity contribution < 1.29 is 13.9 Å². The lowest BCUT2D eigenvalue weighted by Crippen LogP contribution is -2.21. The van der Waals surface area contributed by atoms with Crippen molar-refractivity contribution in [2.45, 2.75) is 39.0 Å². The van der Waals surface area contributed by atoms with Crippen molar-refractivity contribution in [1.82, 2.24) is 5.32 Å². The van der Waals surface area contributed by atoms with Gasteiger partial charge in [0.2, 0.25) is 0 Å². The summed E-state index contributed by atoms with van der Waals surface area (Å²) in [7, 11) is 1.62. The predicted octanol–water partition coefficient (Wildman–Crippen LogP) is 6.70. The molecule has 1 atom stereocenters. The van der Waals surface area contributed by atoms with Gasteiger partial charge in [-0.1, -0.05) is 73.5 Å². The molecule has 0 aliphatic carbocycles. The van der Waals surface area contributed by atoms with Crippen LogP contribution >= 0.6 is 11.6 Å². The Morgan fingerprint density at radius 2 is 1.80 bits per heavy atom. The van der Waals surface area contributed by atoms with E-state index in [0.717, 1.165) is 24.0 Å². The van der Waals surface area contributed by atoms with Gasteiger partial charge in [0.15, 0.2) is 11.5 Å². The van der Waals surface area contributed by atoms with Crippen LogP contribution in [0.4, 0.5) is 4.39 Å². The van der Waals surface area contributed by atoms with Crippen LogP contribution in [0.5, 0.6) is 11.5 Å². The average molecular weight is 428 g/mol. The van der Waals surface area contributed by atoms with Crippen molar-refractivity contribution in [2.24, 2.45) is 0 Å². The van der Waals surface area contributed by atoms with Crippen molar-refractivity contribution in [3.05, 3.63) is 94.3 Å². The predicted molar refractivity (Wildman–Crippen MR) is 120 cm³/mol. The van der Waals surface area contributed by atoms with Crippen LogP contribution in [0, 0.1) is 5.82 Å². The summed E-state index contributed by atoms with van der Waals surface area (Å²) in [5.41, 5.74) is 2.98. The first-order chi connectivity index (χ1) is 14.6. The fourth-order valence-corrected chi connectivity index (χ4v) is 3.63. The first kappa shape index (κ1) is 22.1. The minimum Gasteiger partial charge on any atom is -0.493 e. The van der Waals surface area contributed by atoms with Gasteiger partial charge in [-0.15, -0.1) is 0 Å². The third kappa shape index (κ3) is 5.74. The van der Waals surface area contributed by atoms with E-state index < -0.39 is 0 Å². The molecule has 3 rings (SSSR count). The van der Waals surface area contributed by atoms with Gasteiger partial charge in [0.25, 0.3) is 0 Å². The van der Waals surface area contributed by atoms with Crippen LogP contribution in [0.2, 0.25) is 5.02 Å². The van der Waals surface area contributed by atoms with Gasteiger partial charge in [-0.25, -0.2) is 4.39 Å². The van der Waals surface area contributed by atoms with Gasteiger partial charge in [0, 0.05) is 23.7 Å². The molecular weight excluding hydrogens is 401 g/mol. The van der Waals surface area contributed by atoms with E-state index in [-0.39, 0.29) is 18.5 Å². The fourth-order valence-electron chi connectivity index (χ4n) is 3.41. The molecule has 0 aliphatic rings. The molecule has 0 amide bonds. The van der Waals surface area contributed by atoms with E-state index >= 15 is 0 Å². The Bertz CT molecular complexity index is 949. The summed E-state index contributed by atoms with van der Waals surface area (Å²) in [5.74, 6) is 0.948. The zero-order valence-electron chi connectivity index (χ0n) is 17.3. The lowest BCUT2D eigenvalue weighted by atomic mass is 10.0. The smallest absolute Gasteiger partial charge is 0.166 e. The molecule has 158 valence electrons. The molecule has 0 heterocycles. The van der Waals surface area contributed by atoms with Crippen LogP contribution in [0.25, 0.3) is 0 Å². The second-order valence-electron chi connectivity index (χ2n) is 7.11. The minimum atomic E-state index is -0.367. The summed E-state index contributed by atoms with van der Waals surface area (Å²) in [6.45, 7) is 3.04. The van der Waals surface area contributed by atoms with E-state index in [2.05, 4.69) is 36.5 Å². The van der Waals surface area contributed by atoms with Crippen LogP contribution in [0.3, 0.4) is 0 Å². The topological polar surface area (TPSA) is 30.5 Å². The van der Waals surface area contributed by atoms with E-state index in [1.165, 1.54) is 17.7 Å². The van der Waals surface area contributed by atoms with Crippen molar-refractivity contribution in [3.63, 3.8) is 0 Å². The SMILES string of the molecule is CCCC(NCc1cccc(OC)c1OCc1ccc(F)cc1Cl)c1ccccc1. The highest BCUT2D eigenvalue weighted by Gasteiger charge is 2.15. The van der Waals surface area contributed by atoms with Gasteiger partial charge >= 0.3 is 0 Å². The van der Waals surface area contributed by atoms with Crippen molar-refractivity contribution in [1.29, 1.82) is 0 Å². The van der Waals surface area contributed by atoms with E-state index in [9.17, 15) is 4.39 Å². The molecule has 5 heteroatoms. The van der Waals surface area contributed by atoms with Gasteiger partial charge in [0.1, 0.15) is 12.4 Å². The third-order valence-corrected chi connectivity index (χ3v) is 5.34. The summed E-state index contributed by atoms with van der Waals surface area (Å²) in [4.78, 5) is 0. The highest BCUT2D eigenvalue weighted by Crippen LogP contribution is 2.33. The lowest BCUT2D eigenvalue weighted by molar-refractivity contribution is 0.280. The Labute approximate surface area is 182 Å². The van der Waals surface area contributed by atoms with Gasteiger partial charge < -0.3 is 14.8 Å². The number of nitrogens with one attached hydrogen (secondary N) is 1. The standard InChI is InChI=1S/C25H27ClFNO2/c1-3-8-23(18-9-5-4-6-10-18)28-16-19-11-7-12-24(29-2)25(19)30-17-20-13-14-21(27)15-22(20)26/h4-7,9-15,23,28H,3,8,16-17H2,1-2H3. The number of hydrogen-bond donors (Lipinski definition) is 1. The number of methoxy groups -OCH3 is 1. The Morgan fingerprint density at radius 1 is 1.00 bits per heavy atom. The van der Waals surface area contributed by atoms with Crippen LogP contribution in [0.1, 0.15) is 42.5 Å². The molecule has 0 aliphatic heterocycles. The largest absolute Gasteiger partial charge is 0.493 e. The number of halogens is 2. The number of rotatable bonds is 10. The first-order valence-corrected chi connectivity index (χ1v) is 10.5. The molecule has 3 aromatic carbocycles. The average Bonchev–Trinajstić information content (AvgIpc) is 2.77. The molecule has 0 spiro atoms. The molecule has 0 saturated carbocycles. The van der Waals surface area contributed by atoms with E-state index in [4.69, 9.17) is 21.1 Å². The summed E-state index contributed by atoms with van der Waals surface area (Å²) in [6, 6.07) is 20.8. The van der Waals surface area contributed by atoms with Crippen LogP contribution in [-0.2, 0) is 13.2 Å². The molecule has 0 saturated heterocycles. The van der Waals surface area contributed by atoms with E-state index in [0.29, 0.717) is 23.1 Å². The molecule has 30 heavy (non-hydrogen) atoms. The van der Waals surface area contributed by atoms with Gasteiger partial charge in [-0.05, 0) is 30.2 Å². The first-order valence-electron chi connectivity index (χ1n) is 10.1. The molecule has 0 aromatic heterocycles. The Morgan fingerprint density at radius 3 is 2.50 bits per heavy atom. The number of hydrogen-bond acceptors (Lipinski definition) is 3. The van der Waals surface area contributed by atoms with Gasteiger partial charge in [-0.3, -0.25) is 0 Å². The monoisotopic (exact) mass is 427 g/mol. The maximum atomic E-state index is 13.3. The maximum absolute atomic E-state index is 13.3. The Kier molecular flexibility index (Phi) is 8.12. The third-order valence-electron chi connectivity index (χ3n) is 4.99. The van der Waals surface area contributed by atoms with Crippen molar-refractivity contribution in [2.75, 3.05) is 7.11 Å². The lowest BCUT2D eigenvalue weighted by Gasteiger charge is -2.21. The van der Waals surface area contributed by atoms with E-state index in [1.54, 1.807) is 13.2 Å². The zero-order chi connectivity index (χ0) is 21.3. The molecule has 1 N–H and O–H groups in total. The Balaban J connectivity index is 1.77. The normalized spacial score (nSPS) is 11.9. The molecule has 1 unspecified atom stereocenters. The number of para-hydroxylation sites is 1. The highest BCUT2D eigenvalue weighted by atomic mass is 35.5. The second-order valence-corrected chi connectivity index (χ2v) is 7.51. The summed E-state index contributed by atoms with van der Waals surface area (Å²) in [6.07, 6.45) is 2.12. The molecule has 0 fully saturated rings. The molecule has 0 radical (unpaired) electrons. The Hall–Kier alpha value is -2.56. The summed E-state index contributed by atoms with van der Waals surface area (Å²) >= 11 is 6.15. The summed E-state index contributed by atoms with van der Waals surface area (Å²) in [5, 5.41) is 3.99. The number of ether oxygens (including phenoxy) is 2. The zero-order valence-corrected chi connectivity index (χ0v) is 18.1. The van der Waals surface area contributed by atoms with Crippen LogP contribution in [-0.4, -0.2) is 7.11 Å². The van der Waals surface area contributed by atoms with Crippen LogP contribution in [0.15, 0.2) is 66.7 Å². The van der Waals surface area contributed by atoms with Gasteiger partial charge in [-0.2, -0.15) is 0 Å². The van der Waals surface area contributed by atoms with Crippen molar-refractivity contribution in [3.8, 4) is 11.5 Å².